The van der Waals surface area contributed by atoms with Gasteiger partial charge >= 0.3 is 0 Å². The largest absolute Gasteiger partial charge is 0.255 e. The first-order valence-corrected chi connectivity index (χ1v) is 5.78. The Morgan fingerprint density at radius 3 is 2.38 bits per heavy atom. The van der Waals surface area contributed by atoms with Crippen molar-refractivity contribution in [2.45, 2.75) is 31.2 Å². The Bertz CT molecular complexity index is 280. The summed E-state index contributed by atoms with van der Waals surface area (Å²) >= 11 is 5.16. The maximum absolute atomic E-state index is 3.50. The maximum Gasteiger partial charge on any atom is 0.0370 e. The fourth-order valence-corrected chi connectivity index (χ4v) is 1.99. The molecule has 0 saturated heterocycles. The molecule has 0 radical (unpaired) electrons. The van der Waals surface area contributed by atoms with Crippen molar-refractivity contribution < 1.29 is 0 Å². The molecule has 0 saturated carbocycles. The summed E-state index contributed by atoms with van der Waals surface area (Å²) in [6.45, 7) is 6.45. The standard InChI is InChI=1S/C10H14BrNS/c1-10(2,3)12-13-9-7-5-4-6-8(9)11/h4-7,12H,1-3H3. The van der Waals surface area contributed by atoms with Crippen LogP contribution in [0.4, 0.5) is 0 Å². The second-order valence-electron chi connectivity index (χ2n) is 3.88. The Morgan fingerprint density at radius 1 is 1.23 bits per heavy atom. The normalized spacial score (nSPS) is 11.7. The highest BCUT2D eigenvalue weighted by molar-refractivity contribution is 9.10. The summed E-state index contributed by atoms with van der Waals surface area (Å²) in [5.74, 6) is 0. The summed E-state index contributed by atoms with van der Waals surface area (Å²) in [6, 6.07) is 8.20. The van der Waals surface area contributed by atoms with E-state index in [1.807, 2.05) is 18.2 Å². The SMILES string of the molecule is CC(C)(C)NSc1ccccc1Br. The summed E-state index contributed by atoms with van der Waals surface area (Å²) in [5.41, 5.74) is 0.139. The van der Waals surface area contributed by atoms with Gasteiger partial charge in [-0.05, 0) is 60.8 Å². The summed E-state index contributed by atoms with van der Waals surface area (Å²) in [6.07, 6.45) is 0. The molecule has 3 heteroatoms. The van der Waals surface area contributed by atoms with Gasteiger partial charge in [0.25, 0.3) is 0 Å². The third kappa shape index (κ3) is 4.16. The van der Waals surface area contributed by atoms with E-state index in [1.165, 1.54) is 4.90 Å². The zero-order valence-corrected chi connectivity index (χ0v) is 10.5. The minimum Gasteiger partial charge on any atom is -0.255 e. The van der Waals surface area contributed by atoms with Gasteiger partial charge in [-0.1, -0.05) is 12.1 Å². The molecule has 0 fully saturated rings. The Labute approximate surface area is 92.6 Å². The van der Waals surface area contributed by atoms with Crippen LogP contribution >= 0.6 is 27.9 Å². The van der Waals surface area contributed by atoms with Gasteiger partial charge in [0.2, 0.25) is 0 Å². The highest BCUT2D eigenvalue weighted by Crippen LogP contribution is 2.26. The van der Waals surface area contributed by atoms with Gasteiger partial charge in [0, 0.05) is 14.9 Å². The van der Waals surface area contributed by atoms with Gasteiger partial charge in [0.15, 0.2) is 0 Å². The van der Waals surface area contributed by atoms with Crippen LogP contribution < -0.4 is 4.72 Å². The van der Waals surface area contributed by atoms with Gasteiger partial charge < -0.3 is 0 Å². The lowest BCUT2D eigenvalue weighted by atomic mass is 10.1. The van der Waals surface area contributed by atoms with Crippen molar-refractivity contribution in [2.75, 3.05) is 0 Å². The first-order chi connectivity index (χ1) is 5.99. The number of benzene rings is 1. The van der Waals surface area contributed by atoms with Gasteiger partial charge in [-0.25, -0.2) is 0 Å². The topological polar surface area (TPSA) is 12.0 Å². The van der Waals surface area contributed by atoms with Crippen molar-refractivity contribution in [1.82, 2.24) is 4.72 Å². The summed E-state index contributed by atoms with van der Waals surface area (Å²) < 4.78 is 4.50. The molecule has 13 heavy (non-hydrogen) atoms. The number of nitrogens with one attached hydrogen (secondary N) is 1. The van der Waals surface area contributed by atoms with Crippen LogP contribution in [0.5, 0.6) is 0 Å². The molecule has 1 aromatic carbocycles. The van der Waals surface area contributed by atoms with Gasteiger partial charge in [0.05, 0.1) is 0 Å². The Kier molecular flexibility index (Phi) is 3.83. The van der Waals surface area contributed by atoms with Gasteiger partial charge in [0.1, 0.15) is 0 Å². The van der Waals surface area contributed by atoms with Crippen LogP contribution in [-0.2, 0) is 0 Å². The zero-order valence-electron chi connectivity index (χ0n) is 8.10. The average molecular weight is 260 g/mol. The second kappa shape index (κ2) is 4.49. The van der Waals surface area contributed by atoms with E-state index < -0.39 is 0 Å². The molecule has 1 aromatic rings. The van der Waals surface area contributed by atoms with E-state index >= 15 is 0 Å². The van der Waals surface area contributed by atoms with Crippen LogP contribution in [-0.4, -0.2) is 5.54 Å². The predicted molar refractivity (Wildman–Crippen MR) is 62.9 cm³/mol. The lowest BCUT2D eigenvalue weighted by Crippen LogP contribution is -2.29. The summed E-state index contributed by atoms with van der Waals surface area (Å²) in [4.78, 5) is 1.22. The summed E-state index contributed by atoms with van der Waals surface area (Å²) in [7, 11) is 0. The van der Waals surface area contributed by atoms with Crippen molar-refractivity contribution in [1.29, 1.82) is 0 Å². The molecule has 0 aliphatic heterocycles. The second-order valence-corrected chi connectivity index (χ2v) is 5.59. The quantitative estimate of drug-likeness (QED) is 0.811. The molecular weight excluding hydrogens is 246 g/mol. The number of hydrogen-bond donors (Lipinski definition) is 1. The van der Waals surface area contributed by atoms with E-state index in [2.05, 4.69) is 47.5 Å². The molecular formula is C10H14BrNS. The molecule has 0 unspecified atom stereocenters. The van der Waals surface area contributed by atoms with Gasteiger partial charge in [-0.2, -0.15) is 0 Å². The third-order valence-corrected chi connectivity index (χ3v) is 3.55. The van der Waals surface area contributed by atoms with Crippen molar-refractivity contribution in [2.24, 2.45) is 0 Å². The van der Waals surface area contributed by atoms with Crippen molar-refractivity contribution >= 4 is 27.9 Å². The minimum absolute atomic E-state index is 0.139. The molecule has 1 nitrogen and oxygen atoms in total. The lowest BCUT2D eigenvalue weighted by molar-refractivity contribution is 0.535. The van der Waals surface area contributed by atoms with Crippen molar-refractivity contribution in [3.63, 3.8) is 0 Å². The highest BCUT2D eigenvalue weighted by atomic mass is 79.9. The molecule has 0 aliphatic rings. The van der Waals surface area contributed by atoms with E-state index in [9.17, 15) is 0 Å². The Balaban J connectivity index is 2.60. The first kappa shape index (κ1) is 11.1. The van der Waals surface area contributed by atoms with Gasteiger partial charge in [-0.15, -0.1) is 0 Å². The molecule has 0 aromatic heterocycles. The van der Waals surface area contributed by atoms with Crippen LogP contribution in [0.2, 0.25) is 0 Å². The number of halogens is 1. The molecule has 0 heterocycles. The van der Waals surface area contributed by atoms with E-state index in [0.717, 1.165) is 4.47 Å². The van der Waals surface area contributed by atoms with Crippen LogP contribution in [0.15, 0.2) is 33.6 Å². The lowest BCUT2D eigenvalue weighted by Gasteiger charge is -2.19. The van der Waals surface area contributed by atoms with Crippen LogP contribution in [0.25, 0.3) is 0 Å². The fraction of sp³-hybridized carbons (Fsp3) is 0.400. The maximum atomic E-state index is 3.50. The molecule has 0 aliphatic carbocycles. The smallest absolute Gasteiger partial charge is 0.0370 e. The van der Waals surface area contributed by atoms with Crippen LogP contribution in [0, 0.1) is 0 Å². The van der Waals surface area contributed by atoms with Gasteiger partial charge in [-0.3, -0.25) is 4.72 Å². The first-order valence-electron chi connectivity index (χ1n) is 4.17. The zero-order chi connectivity index (χ0) is 9.90. The molecule has 0 atom stereocenters. The Morgan fingerprint density at radius 2 is 1.85 bits per heavy atom. The van der Waals surface area contributed by atoms with E-state index in [4.69, 9.17) is 0 Å². The molecule has 0 bridgehead atoms. The van der Waals surface area contributed by atoms with Crippen LogP contribution in [0.1, 0.15) is 20.8 Å². The summed E-state index contributed by atoms with van der Waals surface area (Å²) in [5, 5.41) is 0. The molecule has 1 rings (SSSR count). The molecule has 0 amide bonds. The number of rotatable bonds is 2. The fourth-order valence-electron chi connectivity index (χ4n) is 0.736. The molecule has 0 spiro atoms. The molecule has 72 valence electrons. The Hall–Kier alpha value is 0.01000. The van der Waals surface area contributed by atoms with Crippen molar-refractivity contribution in [3.8, 4) is 0 Å². The van der Waals surface area contributed by atoms with Crippen LogP contribution in [0.3, 0.4) is 0 Å². The number of hydrogen-bond acceptors (Lipinski definition) is 2. The highest BCUT2D eigenvalue weighted by Gasteiger charge is 2.09. The van der Waals surface area contributed by atoms with E-state index in [1.54, 1.807) is 11.9 Å². The molecule has 1 N–H and O–H groups in total. The average Bonchev–Trinajstić information content (AvgIpc) is 2.01. The van der Waals surface area contributed by atoms with E-state index in [0.29, 0.717) is 0 Å². The third-order valence-electron chi connectivity index (χ3n) is 1.30. The predicted octanol–water partition coefficient (Wildman–Crippen LogP) is 3.84. The monoisotopic (exact) mass is 259 g/mol. The van der Waals surface area contributed by atoms with Crippen molar-refractivity contribution in [3.05, 3.63) is 28.7 Å². The minimum atomic E-state index is 0.139. The van der Waals surface area contributed by atoms with E-state index in [-0.39, 0.29) is 5.54 Å².